The van der Waals surface area contributed by atoms with Crippen molar-refractivity contribution < 1.29 is 23.8 Å². The van der Waals surface area contributed by atoms with Gasteiger partial charge in [-0.3, -0.25) is 9.59 Å². The molecule has 0 saturated carbocycles. The molecule has 0 aliphatic heterocycles. The van der Waals surface area contributed by atoms with Gasteiger partial charge >= 0.3 is 11.9 Å². The van der Waals surface area contributed by atoms with Crippen molar-refractivity contribution in [2.75, 3.05) is 47.1 Å². The second-order valence-electron chi connectivity index (χ2n) is 12.6. The van der Waals surface area contributed by atoms with Gasteiger partial charge in [-0.1, -0.05) is 76.9 Å². The normalized spacial score (nSPS) is 12.4. The molecule has 0 atom stereocenters. The zero-order chi connectivity index (χ0) is 29.4. The van der Waals surface area contributed by atoms with Gasteiger partial charge in [0.25, 0.3) is 0 Å². The predicted molar refractivity (Wildman–Crippen MR) is 163 cm³/mol. The molecule has 0 N–H and O–H groups in total. The Morgan fingerprint density at radius 3 is 1.59 bits per heavy atom. The minimum Gasteiger partial charge on any atom is -0.464 e. The van der Waals surface area contributed by atoms with E-state index in [9.17, 15) is 9.59 Å². The Labute approximate surface area is 241 Å². The van der Waals surface area contributed by atoms with Crippen molar-refractivity contribution in [3.8, 4) is 0 Å². The van der Waals surface area contributed by atoms with Gasteiger partial charge in [-0.2, -0.15) is 0 Å². The summed E-state index contributed by atoms with van der Waals surface area (Å²) in [5.41, 5.74) is -1.55. The predicted octanol–water partition coefficient (Wildman–Crippen LogP) is 8.13. The Morgan fingerprint density at radius 2 is 1.08 bits per heavy atom. The molecular weight excluding hydrogens is 490 g/mol. The maximum atomic E-state index is 12.6. The number of carbonyl (C=O) groups excluding carboxylic acids is 2. The first-order valence-corrected chi connectivity index (χ1v) is 15.7. The second-order valence-corrected chi connectivity index (χ2v) is 12.6. The van der Waals surface area contributed by atoms with E-state index in [-0.39, 0.29) is 18.5 Å². The summed E-state index contributed by atoms with van der Waals surface area (Å²) >= 11 is 0. The minimum atomic E-state index is -0.784. The zero-order valence-electron chi connectivity index (χ0n) is 26.8. The van der Waals surface area contributed by atoms with E-state index < -0.39 is 10.8 Å². The summed E-state index contributed by atoms with van der Waals surface area (Å²) in [6.45, 7) is 11.9. The monoisotopic (exact) mass is 553 g/mol. The van der Waals surface area contributed by atoms with Gasteiger partial charge in [0.05, 0.1) is 17.4 Å². The van der Waals surface area contributed by atoms with Gasteiger partial charge in [-0.05, 0) is 80.3 Å². The molecule has 0 spiro atoms. The average molecular weight is 554 g/mol. The summed E-state index contributed by atoms with van der Waals surface area (Å²) in [5, 5.41) is 0. The second kappa shape index (κ2) is 23.3. The van der Waals surface area contributed by atoms with Crippen LogP contribution in [-0.4, -0.2) is 63.9 Å². The van der Waals surface area contributed by atoms with E-state index in [4.69, 9.17) is 14.2 Å². The van der Waals surface area contributed by atoms with E-state index in [2.05, 4.69) is 19.1 Å². The van der Waals surface area contributed by atoms with Gasteiger partial charge in [-0.25, -0.2) is 0 Å². The van der Waals surface area contributed by atoms with E-state index >= 15 is 0 Å². The zero-order valence-corrected chi connectivity index (χ0v) is 26.8. The van der Waals surface area contributed by atoms with Gasteiger partial charge in [0.15, 0.2) is 0 Å². The van der Waals surface area contributed by atoms with E-state index in [1.54, 1.807) is 0 Å². The Hall–Kier alpha value is -1.40. The maximum Gasteiger partial charge on any atom is 0.311 e. The molecule has 0 aliphatic rings. The van der Waals surface area contributed by atoms with Gasteiger partial charge in [-0.15, -0.1) is 0 Å². The highest BCUT2D eigenvalue weighted by Gasteiger charge is 2.40. The van der Waals surface area contributed by atoms with Crippen molar-refractivity contribution in [3.05, 3.63) is 12.2 Å². The van der Waals surface area contributed by atoms with E-state index in [1.165, 1.54) is 83.5 Å². The van der Waals surface area contributed by atoms with Crippen LogP contribution in [0.2, 0.25) is 0 Å². The third kappa shape index (κ3) is 22.0. The molecule has 39 heavy (non-hydrogen) atoms. The summed E-state index contributed by atoms with van der Waals surface area (Å²) < 4.78 is 16.5. The number of unbranched alkanes of at least 4 members (excludes halogenated alkanes) is 12. The van der Waals surface area contributed by atoms with Crippen LogP contribution < -0.4 is 0 Å². The maximum absolute atomic E-state index is 12.6. The van der Waals surface area contributed by atoms with Crippen molar-refractivity contribution in [3.63, 3.8) is 0 Å². The van der Waals surface area contributed by atoms with Crippen molar-refractivity contribution >= 4 is 11.9 Å². The van der Waals surface area contributed by atoms with Crippen LogP contribution in [0.25, 0.3) is 0 Å². The SMILES string of the molecule is CCCCCCCC/C=C\CCCCCCCCOCCOC(=O)C(C)(C)CC(C)(C)C(=O)OCCN(C)C. The Bertz CT molecular complexity index is 642. The molecule has 230 valence electrons. The third-order valence-electron chi connectivity index (χ3n) is 7.02. The number of ether oxygens (including phenoxy) is 3. The van der Waals surface area contributed by atoms with Crippen molar-refractivity contribution in [2.45, 2.75) is 131 Å². The smallest absolute Gasteiger partial charge is 0.311 e. The average Bonchev–Trinajstić information content (AvgIpc) is 2.86. The lowest BCUT2D eigenvalue weighted by molar-refractivity contribution is -0.163. The third-order valence-corrected chi connectivity index (χ3v) is 7.02. The van der Waals surface area contributed by atoms with Crippen LogP contribution in [0, 0.1) is 10.8 Å². The molecule has 6 heteroatoms. The number of nitrogens with zero attached hydrogens (tertiary/aromatic N) is 1. The highest BCUT2D eigenvalue weighted by Crippen LogP contribution is 2.35. The molecule has 0 aliphatic carbocycles. The van der Waals surface area contributed by atoms with Crippen LogP contribution in [0.15, 0.2) is 12.2 Å². The van der Waals surface area contributed by atoms with Gasteiger partial charge < -0.3 is 19.1 Å². The van der Waals surface area contributed by atoms with Crippen molar-refractivity contribution in [2.24, 2.45) is 10.8 Å². The molecule has 0 bridgehead atoms. The quantitative estimate of drug-likeness (QED) is 0.0612. The Kier molecular flexibility index (Phi) is 22.5. The summed E-state index contributed by atoms with van der Waals surface area (Å²) in [6, 6.07) is 0. The molecule has 0 radical (unpaired) electrons. The van der Waals surface area contributed by atoms with Crippen molar-refractivity contribution in [1.82, 2.24) is 4.90 Å². The number of carbonyl (C=O) groups is 2. The minimum absolute atomic E-state index is 0.238. The highest BCUT2D eigenvalue weighted by molar-refractivity contribution is 5.80. The summed E-state index contributed by atoms with van der Waals surface area (Å²) in [6.07, 6.45) is 23.2. The van der Waals surface area contributed by atoms with Gasteiger partial charge in [0.2, 0.25) is 0 Å². The van der Waals surface area contributed by atoms with Gasteiger partial charge in [0.1, 0.15) is 13.2 Å². The van der Waals surface area contributed by atoms with Gasteiger partial charge in [0, 0.05) is 13.2 Å². The van der Waals surface area contributed by atoms with Crippen LogP contribution in [-0.2, 0) is 23.8 Å². The van der Waals surface area contributed by atoms with Crippen LogP contribution >= 0.6 is 0 Å². The fourth-order valence-corrected chi connectivity index (χ4v) is 4.71. The first-order valence-electron chi connectivity index (χ1n) is 15.7. The number of rotatable bonds is 26. The van der Waals surface area contributed by atoms with Crippen LogP contribution in [0.1, 0.15) is 131 Å². The van der Waals surface area contributed by atoms with E-state index in [0.717, 1.165) is 6.42 Å². The molecule has 0 rings (SSSR count). The Morgan fingerprint density at radius 1 is 0.615 bits per heavy atom. The molecule has 6 nitrogen and oxygen atoms in total. The summed E-state index contributed by atoms with van der Waals surface area (Å²) in [7, 11) is 3.86. The molecule has 0 heterocycles. The number of likely N-dealkylation sites (N-methyl/N-ethyl adjacent to an activating group) is 1. The fourth-order valence-electron chi connectivity index (χ4n) is 4.71. The standard InChI is InChI=1S/C33H63NO5/c1-8-9-10-11-12-13-14-15-16-17-18-19-20-21-22-23-25-37-27-28-39-31(36)33(4,5)29-32(2,3)30(35)38-26-24-34(6)7/h15-16H,8-14,17-29H2,1-7H3/b16-15-. The number of hydrogen-bond donors (Lipinski definition) is 0. The lowest BCUT2D eigenvalue weighted by atomic mass is 9.75. The highest BCUT2D eigenvalue weighted by atomic mass is 16.6. The molecule has 0 aromatic rings. The summed E-state index contributed by atoms with van der Waals surface area (Å²) in [5.74, 6) is -0.596. The molecule has 0 unspecified atom stereocenters. The Balaban J connectivity index is 3.72. The molecule has 0 aromatic heterocycles. The number of hydrogen-bond acceptors (Lipinski definition) is 6. The molecular formula is C33H63NO5. The first-order chi connectivity index (χ1) is 18.5. The van der Waals surface area contributed by atoms with Crippen LogP contribution in [0.3, 0.4) is 0 Å². The van der Waals surface area contributed by atoms with Crippen LogP contribution in [0.5, 0.6) is 0 Å². The van der Waals surface area contributed by atoms with E-state index in [0.29, 0.717) is 32.8 Å². The topological polar surface area (TPSA) is 65.1 Å². The number of allylic oxidation sites excluding steroid dienone is 2. The molecule has 0 fully saturated rings. The first kappa shape index (κ1) is 37.6. The largest absolute Gasteiger partial charge is 0.464 e. The fraction of sp³-hybridized carbons (Fsp3) is 0.879. The van der Waals surface area contributed by atoms with Crippen molar-refractivity contribution in [1.29, 1.82) is 0 Å². The van der Waals surface area contributed by atoms with E-state index in [1.807, 2.05) is 46.7 Å². The lowest BCUT2D eigenvalue weighted by Crippen LogP contribution is -2.38. The van der Waals surface area contributed by atoms with Crippen LogP contribution in [0.4, 0.5) is 0 Å². The molecule has 0 saturated heterocycles. The molecule has 0 amide bonds. The number of esters is 2. The summed E-state index contributed by atoms with van der Waals surface area (Å²) in [4.78, 5) is 27.1. The lowest BCUT2D eigenvalue weighted by Gasteiger charge is -2.31. The molecule has 0 aromatic carbocycles.